The second-order valence-electron chi connectivity index (χ2n) is 25.3. The van der Waals surface area contributed by atoms with Gasteiger partial charge in [-0.25, -0.2) is 4.79 Å². The number of alkyl carbamates (subject to hydrolysis) is 1. The number of ether oxygens (including phenoxy) is 1. The van der Waals surface area contributed by atoms with Gasteiger partial charge in [-0.05, 0) is 124 Å². The molecular formula is C69H88F6N14O7. The van der Waals surface area contributed by atoms with Gasteiger partial charge in [-0.2, -0.15) is 26.3 Å². The third kappa shape index (κ3) is 21.8. The minimum atomic E-state index is -4.86. The number of carbonyl (C=O) groups excluding carboxylic acids is 4. The van der Waals surface area contributed by atoms with Crippen LogP contribution in [0.15, 0.2) is 119 Å². The first-order valence-electron chi connectivity index (χ1n) is 32.3. The molecule has 0 bridgehead atoms. The zero-order chi connectivity index (χ0) is 69.2. The van der Waals surface area contributed by atoms with E-state index >= 15 is 0 Å². The topological polar surface area (TPSA) is 240 Å². The molecule has 21 nitrogen and oxygen atoms in total. The number of rotatable bonds is 18. The fraction of sp³-hybridized carbons (Fsp3) is 0.449. The summed E-state index contributed by atoms with van der Waals surface area (Å²) in [5.74, 6) is -1.89. The Bertz CT molecular complexity index is 3700. The number of hydrogen-bond acceptors (Lipinski definition) is 16. The number of aromatic nitrogens is 2. The number of anilines is 4. The Morgan fingerprint density at radius 1 is 0.562 bits per heavy atom. The van der Waals surface area contributed by atoms with Gasteiger partial charge in [0.15, 0.2) is 0 Å². The zero-order valence-electron chi connectivity index (χ0n) is 55.1. The van der Waals surface area contributed by atoms with Crippen LogP contribution in [0.3, 0.4) is 0 Å². The van der Waals surface area contributed by atoms with Gasteiger partial charge in [0.25, 0.3) is 11.8 Å². The molecule has 4 aromatic carbocycles. The molecule has 2 aromatic heterocycles. The lowest BCUT2D eigenvalue weighted by atomic mass is 10.0. The summed E-state index contributed by atoms with van der Waals surface area (Å²) in [6.07, 6.45) is -6.48. The lowest BCUT2D eigenvalue weighted by Gasteiger charge is -2.35. The van der Waals surface area contributed by atoms with E-state index in [1.54, 1.807) is 20.8 Å². The number of alkyl halides is 6. The van der Waals surface area contributed by atoms with Crippen LogP contribution in [0, 0.1) is 0 Å². The normalized spacial score (nSPS) is 16.3. The van der Waals surface area contributed by atoms with Crippen molar-refractivity contribution in [3.8, 4) is 22.3 Å². The number of likely N-dealkylation sites (N-methyl/N-ethyl adjacent to an activating group) is 2. The predicted molar refractivity (Wildman–Crippen MR) is 362 cm³/mol. The molecule has 0 unspecified atom stereocenters. The Kier molecular flexibility index (Phi) is 26.0. The number of carbonyl (C=O) groups is 4. The highest BCUT2D eigenvalue weighted by molar-refractivity contribution is 6.08. The quantitative estimate of drug-likeness (QED) is 0.0244. The number of nitrogens with zero attached hydrogens (tertiary/aromatic N) is 7. The third-order valence-corrected chi connectivity index (χ3v) is 16.7. The van der Waals surface area contributed by atoms with Gasteiger partial charge >= 0.3 is 18.4 Å². The summed E-state index contributed by atoms with van der Waals surface area (Å²) in [6.45, 7) is 23.0. The summed E-state index contributed by atoms with van der Waals surface area (Å²) in [5.41, 5.74) is 7.70. The van der Waals surface area contributed by atoms with Crippen molar-refractivity contribution in [1.29, 1.82) is 0 Å². The zero-order valence-corrected chi connectivity index (χ0v) is 55.1. The smallest absolute Gasteiger partial charge is 0.417 e. The summed E-state index contributed by atoms with van der Waals surface area (Å²) in [4.78, 5) is 90.9. The van der Waals surface area contributed by atoms with E-state index in [0.29, 0.717) is 69.2 Å². The third-order valence-electron chi connectivity index (χ3n) is 16.7. The van der Waals surface area contributed by atoms with E-state index in [-0.39, 0.29) is 0 Å². The summed E-state index contributed by atoms with van der Waals surface area (Å²) < 4.78 is 87.2. The second-order valence-corrected chi connectivity index (χ2v) is 25.3. The number of nitrogens with one attached hydrogen (secondary N) is 6. The minimum Gasteiger partial charge on any atom is -0.444 e. The number of nitrogens with two attached hydrogens (primary N) is 1. The van der Waals surface area contributed by atoms with E-state index in [0.717, 1.165) is 168 Å². The molecule has 96 heavy (non-hydrogen) atoms. The number of aromatic amines is 2. The minimum absolute atomic E-state index is 0.319. The van der Waals surface area contributed by atoms with Gasteiger partial charge < -0.3 is 71.0 Å². The largest absolute Gasteiger partial charge is 0.444 e. The van der Waals surface area contributed by atoms with E-state index in [9.17, 15) is 55.1 Å². The van der Waals surface area contributed by atoms with E-state index in [2.05, 4.69) is 89.8 Å². The number of pyridine rings is 2. The van der Waals surface area contributed by atoms with E-state index in [4.69, 9.17) is 10.5 Å². The first kappa shape index (κ1) is 73.4. The monoisotopic (exact) mass is 1340 g/mol. The molecule has 4 saturated heterocycles. The maximum Gasteiger partial charge on any atom is 0.417 e. The van der Waals surface area contributed by atoms with Crippen molar-refractivity contribution >= 4 is 46.9 Å². The Morgan fingerprint density at radius 2 is 0.990 bits per heavy atom. The Hall–Kier alpha value is -8.44. The van der Waals surface area contributed by atoms with Crippen LogP contribution < -0.4 is 47.9 Å². The molecule has 4 aliphatic rings. The average Bonchev–Trinajstić information content (AvgIpc) is 0.808. The van der Waals surface area contributed by atoms with Crippen molar-refractivity contribution in [2.75, 3.05) is 159 Å². The molecule has 0 radical (unpaired) electrons. The number of benzene rings is 4. The van der Waals surface area contributed by atoms with E-state index < -0.39 is 69.2 Å². The SMILES string of the molecule is CC(C)(C)OC(=O)NCCC=O.CN1CCN(c2ccc(-c3cccc(CN4CCN(CCCN)CC4)c3)cc2NC(=O)c2c[nH]c(=O)cc2C(F)(F)F)CC1.CN1CCN(c2ccc(-c3cccc(CN4CCNCC4)c3)cc2NC(=O)c2c[nH]c(=O)cc2C(F)(F)F)CC1. The van der Waals surface area contributed by atoms with Crippen LogP contribution in [0.2, 0.25) is 0 Å². The van der Waals surface area contributed by atoms with Crippen LogP contribution in [0.1, 0.15) is 76.6 Å². The predicted octanol–water partition coefficient (Wildman–Crippen LogP) is 8.10. The molecule has 0 spiro atoms. The number of H-pyrrole nitrogens is 2. The Morgan fingerprint density at radius 3 is 1.41 bits per heavy atom. The highest BCUT2D eigenvalue weighted by Gasteiger charge is 2.38. The lowest BCUT2D eigenvalue weighted by Crippen LogP contribution is -2.46. The molecule has 0 atom stereocenters. The summed E-state index contributed by atoms with van der Waals surface area (Å²) in [5, 5.41) is 11.3. The molecule has 0 saturated carbocycles. The highest BCUT2D eigenvalue weighted by Crippen LogP contribution is 2.38. The fourth-order valence-corrected chi connectivity index (χ4v) is 11.6. The Labute approximate surface area is 555 Å². The van der Waals surface area contributed by atoms with Gasteiger partial charge in [-0.1, -0.05) is 48.5 Å². The van der Waals surface area contributed by atoms with Crippen molar-refractivity contribution in [3.05, 3.63) is 164 Å². The van der Waals surface area contributed by atoms with Gasteiger partial charge in [-0.3, -0.25) is 29.0 Å². The van der Waals surface area contributed by atoms with E-state index in [1.165, 1.54) is 0 Å². The highest BCUT2D eigenvalue weighted by atomic mass is 19.4. The average molecular weight is 1340 g/mol. The molecule has 10 rings (SSSR count). The van der Waals surface area contributed by atoms with Crippen molar-refractivity contribution in [3.63, 3.8) is 0 Å². The Balaban J connectivity index is 0.000000211. The first-order valence-corrected chi connectivity index (χ1v) is 32.3. The molecule has 6 aromatic rings. The van der Waals surface area contributed by atoms with Crippen molar-refractivity contribution in [2.24, 2.45) is 5.73 Å². The molecule has 27 heteroatoms. The van der Waals surface area contributed by atoms with Gasteiger partial charge in [0.2, 0.25) is 11.1 Å². The molecule has 6 heterocycles. The van der Waals surface area contributed by atoms with Crippen LogP contribution in [0.5, 0.6) is 0 Å². The molecule has 518 valence electrons. The van der Waals surface area contributed by atoms with Crippen LogP contribution in [0.4, 0.5) is 53.9 Å². The number of aldehydes is 1. The molecule has 4 fully saturated rings. The lowest BCUT2D eigenvalue weighted by molar-refractivity contribution is -0.138. The summed E-state index contributed by atoms with van der Waals surface area (Å²) in [6, 6.07) is 28.7. The van der Waals surface area contributed by atoms with Crippen molar-refractivity contribution < 1.29 is 50.3 Å². The van der Waals surface area contributed by atoms with Crippen LogP contribution in [0.25, 0.3) is 22.3 Å². The van der Waals surface area contributed by atoms with Gasteiger partial charge in [-0.15, -0.1) is 0 Å². The van der Waals surface area contributed by atoms with Crippen LogP contribution >= 0.6 is 0 Å². The van der Waals surface area contributed by atoms with Gasteiger partial charge in [0, 0.05) is 155 Å². The van der Waals surface area contributed by atoms with Gasteiger partial charge in [0.1, 0.15) is 11.9 Å². The van der Waals surface area contributed by atoms with Crippen molar-refractivity contribution in [1.82, 2.24) is 45.1 Å². The standard InChI is InChI=1S/C32H40F3N7O2.C29H33F3N6O2.C8H15NO3/c1-39-10-16-42(17-11-39)29-7-6-25(19-28(29)38-31(44)26-21-37-30(43)20-27(26)32(33,34)35)24-5-2-4-23(18-24)22-41-14-12-40(13-15-41)9-3-8-36;1-36-11-13-38(14-12-36)26-6-5-22(21-4-2-3-20(15-21)19-37-9-7-33-8-10-37)16-25(26)35-28(40)23-18-34-27(39)17-24(23)29(30,31)32;1-8(2,3)12-7(11)9-5-4-6-10/h2,4-7,18-21H,3,8-17,22,36H2,1H3,(H,37,43)(H,38,44);2-6,15-18,33H,7-14,19H2,1H3,(H,34,39)(H,35,40);6H,4-5H2,1-3H3,(H,9,11). The van der Waals surface area contributed by atoms with Crippen LogP contribution in [-0.2, 0) is 35.0 Å². The molecule has 3 amide bonds. The molecule has 4 aliphatic heterocycles. The summed E-state index contributed by atoms with van der Waals surface area (Å²) >= 11 is 0. The molecule has 0 aliphatic carbocycles. The fourth-order valence-electron chi connectivity index (χ4n) is 11.6. The number of hydrogen-bond donors (Lipinski definition) is 7. The van der Waals surface area contributed by atoms with Crippen LogP contribution in [-0.4, -0.2) is 203 Å². The summed E-state index contributed by atoms with van der Waals surface area (Å²) in [7, 11) is 4.07. The number of amides is 3. The first-order chi connectivity index (χ1) is 45.7. The number of piperazine rings is 4. The van der Waals surface area contributed by atoms with Crippen molar-refractivity contribution in [2.45, 2.75) is 64.7 Å². The number of halogens is 6. The molecular weight excluding hydrogens is 1250 g/mol. The molecule has 8 N–H and O–H groups in total. The maximum atomic E-state index is 13.7. The van der Waals surface area contributed by atoms with E-state index in [1.807, 2.05) is 74.8 Å². The maximum absolute atomic E-state index is 13.7. The second kappa shape index (κ2) is 34.0. The van der Waals surface area contributed by atoms with Gasteiger partial charge in [0.05, 0.1) is 45.0 Å².